The molecule has 0 bridgehead atoms. The number of nitrogens with zero attached hydrogens (tertiary/aromatic N) is 1. The molecule has 0 aliphatic carbocycles. The van der Waals surface area contributed by atoms with Crippen molar-refractivity contribution < 1.29 is 14.6 Å². The molecule has 0 aromatic heterocycles. The number of benzene rings is 2. The van der Waals surface area contributed by atoms with E-state index in [1.165, 1.54) is 0 Å². The highest BCUT2D eigenvalue weighted by Gasteiger charge is 2.39. The Morgan fingerprint density at radius 2 is 2.00 bits per heavy atom. The van der Waals surface area contributed by atoms with E-state index in [1.807, 2.05) is 44.2 Å². The Bertz CT molecular complexity index is 871. The lowest BCUT2D eigenvalue weighted by Crippen LogP contribution is -2.34. The summed E-state index contributed by atoms with van der Waals surface area (Å²) in [7, 11) is 0. The van der Waals surface area contributed by atoms with E-state index in [9.17, 15) is 9.90 Å². The Hall–Kier alpha value is -1.59. The molecular weight excluding hydrogens is 409 g/mol. The SMILES string of the molecule is CC(C)Oc1cccc(C(=O)CN2CCC(CCO)(c3ccc(Cl)c(Cl)c3)C2)c1. The second-order valence-electron chi connectivity index (χ2n) is 7.96. The summed E-state index contributed by atoms with van der Waals surface area (Å²) in [6.07, 6.45) is 1.53. The van der Waals surface area contributed by atoms with Crippen LogP contribution in [0.25, 0.3) is 0 Å². The summed E-state index contributed by atoms with van der Waals surface area (Å²) >= 11 is 12.3. The summed E-state index contributed by atoms with van der Waals surface area (Å²) in [6.45, 7) is 5.81. The van der Waals surface area contributed by atoms with Gasteiger partial charge in [-0.1, -0.05) is 41.4 Å². The Morgan fingerprint density at radius 3 is 2.69 bits per heavy atom. The van der Waals surface area contributed by atoms with Gasteiger partial charge >= 0.3 is 0 Å². The molecule has 6 heteroatoms. The van der Waals surface area contributed by atoms with Gasteiger partial charge in [-0.25, -0.2) is 0 Å². The minimum absolute atomic E-state index is 0.0595. The van der Waals surface area contributed by atoms with Crippen LogP contribution < -0.4 is 4.74 Å². The Labute approximate surface area is 182 Å². The lowest BCUT2D eigenvalue weighted by Gasteiger charge is -2.30. The monoisotopic (exact) mass is 435 g/mol. The maximum absolute atomic E-state index is 12.9. The molecule has 0 saturated carbocycles. The van der Waals surface area contributed by atoms with Crippen LogP contribution in [0.5, 0.6) is 5.75 Å². The molecule has 1 N–H and O–H groups in total. The molecule has 1 saturated heterocycles. The molecule has 0 amide bonds. The molecule has 4 nitrogen and oxygen atoms in total. The highest BCUT2D eigenvalue weighted by atomic mass is 35.5. The fraction of sp³-hybridized carbons (Fsp3) is 0.435. The number of carbonyl (C=O) groups excluding carboxylic acids is 1. The number of Topliss-reactive ketones (excluding diaryl/α,β-unsaturated/α-hetero) is 1. The van der Waals surface area contributed by atoms with Crippen molar-refractivity contribution in [3.05, 3.63) is 63.6 Å². The third kappa shape index (κ3) is 5.32. The van der Waals surface area contributed by atoms with Gasteiger partial charge in [0.2, 0.25) is 0 Å². The second-order valence-corrected chi connectivity index (χ2v) is 8.78. The molecule has 2 aromatic rings. The maximum Gasteiger partial charge on any atom is 0.176 e. The van der Waals surface area contributed by atoms with Crippen molar-refractivity contribution in [1.82, 2.24) is 4.90 Å². The van der Waals surface area contributed by atoms with Crippen molar-refractivity contribution in [3.8, 4) is 5.75 Å². The van der Waals surface area contributed by atoms with Gasteiger partial charge in [-0.3, -0.25) is 9.69 Å². The van der Waals surface area contributed by atoms with Crippen LogP contribution in [-0.4, -0.2) is 48.1 Å². The Kier molecular flexibility index (Phi) is 7.23. The van der Waals surface area contributed by atoms with Gasteiger partial charge < -0.3 is 9.84 Å². The number of hydrogen-bond donors (Lipinski definition) is 1. The summed E-state index contributed by atoms with van der Waals surface area (Å²) < 4.78 is 5.70. The minimum atomic E-state index is -0.230. The smallest absolute Gasteiger partial charge is 0.176 e. The second kappa shape index (κ2) is 9.48. The highest BCUT2D eigenvalue weighted by molar-refractivity contribution is 6.42. The molecule has 1 unspecified atom stereocenters. The van der Waals surface area contributed by atoms with Crippen LogP contribution in [0.4, 0.5) is 0 Å². The lowest BCUT2D eigenvalue weighted by atomic mass is 9.77. The third-order valence-electron chi connectivity index (χ3n) is 5.45. The first-order valence-corrected chi connectivity index (χ1v) is 10.7. The predicted molar refractivity (Wildman–Crippen MR) is 117 cm³/mol. The number of halogens is 2. The van der Waals surface area contributed by atoms with E-state index in [4.69, 9.17) is 27.9 Å². The van der Waals surface area contributed by atoms with Crippen molar-refractivity contribution in [2.45, 2.75) is 38.2 Å². The molecule has 29 heavy (non-hydrogen) atoms. The van der Waals surface area contributed by atoms with Gasteiger partial charge in [-0.2, -0.15) is 0 Å². The van der Waals surface area contributed by atoms with Crippen molar-refractivity contribution in [2.24, 2.45) is 0 Å². The normalized spacial score (nSPS) is 19.7. The van der Waals surface area contributed by atoms with Crippen molar-refractivity contribution in [1.29, 1.82) is 0 Å². The van der Waals surface area contributed by atoms with E-state index in [-0.39, 0.29) is 23.9 Å². The molecule has 0 radical (unpaired) electrons. The minimum Gasteiger partial charge on any atom is -0.491 e. The van der Waals surface area contributed by atoms with Crippen LogP contribution in [0.3, 0.4) is 0 Å². The number of carbonyl (C=O) groups is 1. The van der Waals surface area contributed by atoms with Crippen LogP contribution in [0.15, 0.2) is 42.5 Å². The van der Waals surface area contributed by atoms with Gasteiger partial charge in [0.15, 0.2) is 5.78 Å². The number of aliphatic hydroxyl groups is 1. The van der Waals surface area contributed by atoms with Gasteiger partial charge in [0.1, 0.15) is 5.75 Å². The molecule has 3 rings (SSSR count). The first-order valence-electron chi connectivity index (χ1n) is 9.92. The summed E-state index contributed by atoms with van der Waals surface area (Å²) in [5.74, 6) is 0.769. The Morgan fingerprint density at radius 1 is 1.21 bits per heavy atom. The number of aliphatic hydroxyl groups excluding tert-OH is 1. The summed E-state index contributed by atoms with van der Waals surface area (Å²) in [6, 6.07) is 13.0. The number of ketones is 1. The predicted octanol–water partition coefficient (Wildman–Crippen LogP) is 4.99. The standard InChI is InChI=1S/C23H27Cl2NO3/c1-16(2)29-19-5-3-4-17(12-19)22(28)14-26-10-8-23(15-26,9-11-27)18-6-7-20(24)21(25)13-18/h3-7,12-13,16,27H,8-11,14-15H2,1-2H3. The lowest BCUT2D eigenvalue weighted by molar-refractivity contribution is 0.0940. The number of likely N-dealkylation sites (tertiary alicyclic amines) is 1. The fourth-order valence-electron chi connectivity index (χ4n) is 4.03. The van der Waals surface area contributed by atoms with Gasteiger partial charge in [0, 0.05) is 24.1 Å². The quantitative estimate of drug-likeness (QED) is 0.593. The third-order valence-corrected chi connectivity index (χ3v) is 6.19. The van der Waals surface area contributed by atoms with Crippen molar-refractivity contribution >= 4 is 29.0 Å². The molecule has 1 atom stereocenters. The van der Waals surface area contributed by atoms with Gasteiger partial charge in [0.25, 0.3) is 0 Å². The van der Waals surface area contributed by atoms with Crippen LogP contribution >= 0.6 is 23.2 Å². The average Bonchev–Trinajstić information content (AvgIpc) is 3.07. The highest BCUT2D eigenvalue weighted by Crippen LogP contribution is 2.39. The van der Waals surface area contributed by atoms with Crippen molar-refractivity contribution in [2.75, 3.05) is 26.2 Å². The molecule has 0 spiro atoms. The van der Waals surface area contributed by atoms with E-state index >= 15 is 0 Å². The molecule has 1 aliphatic heterocycles. The maximum atomic E-state index is 12.9. The summed E-state index contributed by atoms with van der Waals surface area (Å²) in [5.41, 5.74) is 1.48. The van der Waals surface area contributed by atoms with Gasteiger partial charge in [0.05, 0.1) is 22.7 Å². The zero-order valence-electron chi connectivity index (χ0n) is 16.8. The van der Waals surface area contributed by atoms with Crippen LogP contribution in [0, 0.1) is 0 Å². The van der Waals surface area contributed by atoms with E-state index in [0.717, 1.165) is 18.5 Å². The average molecular weight is 436 g/mol. The zero-order chi connectivity index (χ0) is 21.0. The van der Waals surface area contributed by atoms with E-state index in [2.05, 4.69) is 4.90 Å². The molecule has 1 fully saturated rings. The van der Waals surface area contributed by atoms with Crippen molar-refractivity contribution in [3.63, 3.8) is 0 Å². The van der Waals surface area contributed by atoms with Gasteiger partial charge in [-0.05, 0) is 63.1 Å². The largest absolute Gasteiger partial charge is 0.491 e. The Balaban J connectivity index is 1.73. The van der Waals surface area contributed by atoms with E-state index in [1.54, 1.807) is 12.1 Å². The molecule has 1 aliphatic rings. The van der Waals surface area contributed by atoms with Crippen LogP contribution in [0.1, 0.15) is 42.6 Å². The molecule has 1 heterocycles. The van der Waals surface area contributed by atoms with E-state index in [0.29, 0.717) is 40.9 Å². The fourth-order valence-corrected chi connectivity index (χ4v) is 4.32. The topological polar surface area (TPSA) is 49.8 Å². The van der Waals surface area contributed by atoms with Crippen LogP contribution in [-0.2, 0) is 5.41 Å². The molecular formula is C23H27Cl2NO3. The number of hydrogen-bond acceptors (Lipinski definition) is 4. The van der Waals surface area contributed by atoms with E-state index < -0.39 is 0 Å². The molecule has 2 aromatic carbocycles. The summed E-state index contributed by atoms with van der Waals surface area (Å²) in [4.78, 5) is 15.0. The zero-order valence-corrected chi connectivity index (χ0v) is 18.3. The van der Waals surface area contributed by atoms with Crippen LogP contribution in [0.2, 0.25) is 10.0 Å². The first-order chi connectivity index (χ1) is 13.8. The first kappa shape index (κ1) is 22.1. The molecule has 156 valence electrons. The van der Waals surface area contributed by atoms with Gasteiger partial charge in [-0.15, -0.1) is 0 Å². The number of ether oxygens (including phenoxy) is 1. The number of rotatable bonds is 8. The summed E-state index contributed by atoms with van der Waals surface area (Å²) in [5, 5.41) is 10.7.